The van der Waals surface area contributed by atoms with Gasteiger partial charge >= 0.3 is 0 Å². The first-order valence-electron chi connectivity index (χ1n) is 8.85. The summed E-state index contributed by atoms with van der Waals surface area (Å²) in [5, 5.41) is 2.96. The topological polar surface area (TPSA) is 49.4 Å². The second kappa shape index (κ2) is 7.51. The lowest BCUT2D eigenvalue weighted by atomic mass is 9.94. The van der Waals surface area contributed by atoms with Crippen molar-refractivity contribution in [1.29, 1.82) is 0 Å². The molecule has 0 fully saturated rings. The van der Waals surface area contributed by atoms with E-state index in [1.165, 1.54) is 0 Å². The number of nitrogens with one attached hydrogen (secondary N) is 1. The van der Waals surface area contributed by atoms with Crippen LogP contribution in [0.3, 0.4) is 0 Å². The predicted molar refractivity (Wildman–Crippen MR) is 99.3 cm³/mol. The summed E-state index contributed by atoms with van der Waals surface area (Å²) in [6, 6.07) is 15.7. The maximum Gasteiger partial charge on any atom is 0.244 e. The van der Waals surface area contributed by atoms with Crippen molar-refractivity contribution in [1.82, 2.24) is 4.90 Å². The van der Waals surface area contributed by atoms with Crippen LogP contribution in [-0.2, 0) is 9.59 Å². The molecule has 1 aliphatic heterocycles. The van der Waals surface area contributed by atoms with Gasteiger partial charge in [-0.25, -0.2) is 0 Å². The number of rotatable bonds is 4. The first-order valence-corrected chi connectivity index (χ1v) is 8.85. The van der Waals surface area contributed by atoms with Crippen LogP contribution in [0.2, 0.25) is 0 Å². The van der Waals surface area contributed by atoms with Crippen LogP contribution in [0.1, 0.15) is 48.9 Å². The summed E-state index contributed by atoms with van der Waals surface area (Å²) in [5.41, 5.74) is 3.89. The van der Waals surface area contributed by atoms with Crippen LogP contribution in [0.4, 0.5) is 5.69 Å². The molecular weight excluding hydrogens is 312 g/mol. The van der Waals surface area contributed by atoms with Crippen LogP contribution in [-0.4, -0.2) is 23.3 Å². The van der Waals surface area contributed by atoms with E-state index >= 15 is 0 Å². The normalized spacial score (nSPS) is 16.8. The molecule has 0 saturated heterocycles. The third-order valence-corrected chi connectivity index (χ3v) is 4.58. The van der Waals surface area contributed by atoms with Crippen LogP contribution in [0.15, 0.2) is 48.5 Å². The first kappa shape index (κ1) is 17.2. The van der Waals surface area contributed by atoms with E-state index in [0.717, 1.165) is 35.2 Å². The van der Waals surface area contributed by atoms with Gasteiger partial charge in [-0.1, -0.05) is 61.4 Å². The van der Waals surface area contributed by atoms with Gasteiger partial charge in [0.1, 0.15) is 6.54 Å². The molecule has 2 amide bonds. The Kier molecular flexibility index (Phi) is 5.17. The molecule has 130 valence electrons. The molecule has 25 heavy (non-hydrogen) atoms. The molecular formula is C21H24N2O2. The number of amides is 2. The average Bonchev–Trinajstić information content (AvgIpc) is 2.76. The van der Waals surface area contributed by atoms with Crippen LogP contribution >= 0.6 is 0 Å². The lowest BCUT2D eigenvalue weighted by molar-refractivity contribution is -0.136. The van der Waals surface area contributed by atoms with Gasteiger partial charge in [0.05, 0.1) is 6.04 Å². The van der Waals surface area contributed by atoms with E-state index in [-0.39, 0.29) is 24.4 Å². The zero-order valence-electron chi connectivity index (χ0n) is 14.8. The van der Waals surface area contributed by atoms with Crippen LogP contribution in [0.5, 0.6) is 0 Å². The lowest BCUT2D eigenvalue weighted by Gasteiger charge is -2.31. The lowest BCUT2D eigenvalue weighted by Crippen LogP contribution is -2.38. The van der Waals surface area contributed by atoms with Gasteiger partial charge in [0.15, 0.2) is 0 Å². The molecule has 1 heterocycles. The molecule has 4 nitrogen and oxygen atoms in total. The largest absolute Gasteiger partial charge is 0.324 e. The Hall–Kier alpha value is -2.62. The number of hydrogen-bond donors (Lipinski definition) is 1. The van der Waals surface area contributed by atoms with Crippen LogP contribution < -0.4 is 5.32 Å². The van der Waals surface area contributed by atoms with Gasteiger partial charge in [-0.3, -0.25) is 9.59 Å². The number of hydrogen-bond acceptors (Lipinski definition) is 2. The second-order valence-corrected chi connectivity index (χ2v) is 6.58. The van der Waals surface area contributed by atoms with Gasteiger partial charge in [-0.05, 0) is 25.0 Å². The molecule has 1 atom stereocenters. The highest BCUT2D eigenvalue weighted by Gasteiger charge is 2.32. The van der Waals surface area contributed by atoms with Crippen molar-refractivity contribution >= 4 is 17.5 Å². The van der Waals surface area contributed by atoms with Gasteiger partial charge in [-0.2, -0.15) is 0 Å². The van der Waals surface area contributed by atoms with E-state index in [4.69, 9.17) is 0 Å². The highest BCUT2D eigenvalue weighted by Crippen LogP contribution is 2.36. The molecule has 1 N–H and O–H groups in total. The molecule has 0 aromatic heterocycles. The van der Waals surface area contributed by atoms with Crippen molar-refractivity contribution in [2.75, 3.05) is 11.9 Å². The fourth-order valence-corrected chi connectivity index (χ4v) is 3.32. The third kappa shape index (κ3) is 3.73. The maximum absolute atomic E-state index is 12.9. The van der Waals surface area contributed by atoms with E-state index in [2.05, 4.69) is 18.3 Å². The molecule has 0 aliphatic carbocycles. The van der Waals surface area contributed by atoms with Gasteiger partial charge in [-0.15, -0.1) is 0 Å². The first-order chi connectivity index (χ1) is 12.1. The fourth-order valence-electron chi connectivity index (χ4n) is 3.32. The van der Waals surface area contributed by atoms with Gasteiger partial charge in [0.2, 0.25) is 11.8 Å². The number of unbranched alkanes of at least 4 members (excludes halogenated alkanes) is 1. The number of fused-ring (bicyclic) bond motifs is 1. The number of carbonyl (C=O) groups excluding carboxylic acids is 2. The van der Waals surface area contributed by atoms with Gasteiger partial charge < -0.3 is 10.2 Å². The van der Waals surface area contributed by atoms with Crippen LogP contribution in [0.25, 0.3) is 0 Å². The molecule has 0 radical (unpaired) electrons. The van der Waals surface area contributed by atoms with E-state index in [1.54, 1.807) is 4.90 Å². The fraction of sp³-hybridized carbons (Fsp3) is 0.333. The smallest absolute Gasteiger partial charge is 0.244 e. The van der Waals surface area contributed by atoms with E-state index in [0.29, 0.717) is 6.42 Å². The Morgan fingerprint density at radius 2 is 1.96 bits per heavy atom. The minimum absolute atomic E-state index is 0.0280. The van der Waals surface area contributed by atoms with Crippen molar-refractivity contribution < 1.29 is 9.59 Å². The molecule has 2 aromatic rings. The van der Waals surface area contributed by atoms with Crippen molar-refractivity contribution in [3.8, 4) is 0 Å². The zero-order chi connectivity index (χ0) is 17.8. The summed E-state index contributed by atoms with van der Waals surface area (Å²) in [7, 11) is 0. The van der Waals surface area contributed by atoms with E-state index < -0.39 is 0 Å². The Balaban J connectivity index is 2.12. The predicted octanol–water partition coefficient (Wildman–Crippen LogP) is 4.06. The summed E-state index contributed by atoms with van der Waals surface area (Å²) >= 11 is 0. The Morgan fingerprint density at radius 1 is 1.20 bits per heavy atom. The van der Waals surface area contributed by atoms with E-state index in [9.17, 15) is 9.59 Å². The highest BCUT2D eigenvalue weighted by atomic mass is 16.2. The Labute approximate surface area is 148 Å². The molecule has 0 saturated carbocycles. The molecule has 0 spiro atoms. The number of aryl methyl sites for hydroxylation is 1. The zero-order valence-corrected chi connectivity index (χ0v) is 14.8. The average molecular weight is 336 g/mol. The van der Waals surface area contributed by atoms with Crippen molar-refractivity contribution in [3.05, 3.63) is 65.2 Å². The minimum Gasteiger partial charge on any atom is -0.324 e. The SMILES string of the molecule is CCCCC(=O)N1CC(=O)Nc2ccc(C)cc2[C@@H]1c1ccccc1. The molecule has 0 bridgehead atoms. The molecule has 3 rings (SSSR count). The molecule has 2 aromatic carbocycles. The third-order valence-electron chi connectivity index (χ3n) is 4.58. The maximum atomic E-state index is 12.9. The summed E-state index contributed by atoms with van der Waals surface area (Å²) in [4.78, 5) is 27.0. The van der Waals surface area contributed by atoms with Crippen molar-refractivity contribution in [3.63, 3.8) is 0 Å². The van der Waals surface area contributed by atoms with Crippen LogP contribution in [0, 0.1) is 6.92 Å². The minimum atomic E-state index is -0.251. The van der Waals surface area contributed by atoms with Gasteiger partial charge in [0, 0.05) is 17.7 Å². The number of nitrogens with zero attached hydrogens (tertiary/aromatic N) is 1. The number of benzene rings is 2. The Morgan fingerprint density at radius 3 is 2.68 bits per heavy atom. The Bertz CT molecular complexity index is 771. The second-order valence-electron chi connectivity index (χ2n) is 6.58. The van der Waals surface area contributed by atoms with E-state index in [1.807, 2.05) is 49.4 Å². The standard InChI is InChI=1S/C21H24N2O2/c1-3-4-10-20(25)23-14-19(24)22-18-12-11-15(2)13-17(18)21(23)16-8-6-5-7-9-16/h5-9,11-13,21H,3-4,10,14H2,1-2H3,(H,22,24)/t21-/m0/s1. The highest BCUT2D eigenvalue weighted by molar-refractivity contribution is 5.97. The number of carbonyl (C=O) groups is 2. The summed E-state index contributed by atoms with van der Waals surface area (Å²) in [5.74, 6) is -0.117. The summed E-state index contributed by atoms with van der Waals surface area (Å²) in [6.07, 6.45) is 2.25. The monoisotopic (exact) mass is 336 g/mol. The molecule has 1 aliphatic rings. The van der Waals surface area contributed by atoms with Gasteiger partial charge in [0.25, 0.3) is 0 Å². The van der Waals surface area contributed by atoms with Crippen molar-refractivity contribution in [2.45, 2.75) is 39.2 Å². The molecule has 4 heteroatoms. The van der Waals surface area contributed by atoms with Crippen molar-refractivity contribution in [2.24, 2.45) is 0 Å². The number of anilines is 1. The molecule has 0 unspecified atom stereocenters. The summed E-state index contributed by atoms with van der Waals surface area (Å²) < 4.78 is 0. The quantitative estimate of drug-likeness (QED) is 0.915. The summed E-state index contributed by atoms with van der Waals surface area (Å²) in [6.45, 7) is 4.17.